The monoisotopic (exact) mass is 1060 g/mol. The molecule has 17 rings (SSSR count). The van der Waals surface area contributed by atoms with Crippen LogP contribution in [0.4, 0.5) is 17.1 Å². The molecule has 0 heterocycles. The third-order valence-electron chi connectivity index (χ3n) is 19.3. The van der Waals surface area contributed by atoms with Crippen molar-refractivity contribution in [3.8, 4) is 33.4 Å². The van der Waals surface area contributed by atoms with Gasteiger partial charge in [-0.1, -0.05) is 193 Å². The number of rotatable bonds is 5. The normalized spacial score (nSPS) is 14.5. The molecule has 0 unspecified atom stereocenters. The van der Waals surface area contributed by atoms with Crippen molar-refractivity contribution in [3.63, 3.8) is 0 Å². The molecule has 0 aromatic heterocycles. The second kappa shape index (κ2) is 18.2. The number of anilines is 3. The molecule has 0 radical (unpaired) electrons. The van der Waals surface area contributed by atoms with Gasteiger partial charge in [-0.25, -0.2) is 0 Å². The van der Waals surface area contributed by atoms with Gasteiger partial charge in [0.2, 0.25) is 0 Å². The quantitative estimate of drug-likeness (QED) is 0.166. The van der Waals surface area contributed by atoms with E-state index in [0.29, 0.717) is 0 Å². The van der Waals surface area contributed by atoms with Gasteiger partial charge in [0, 0.05) is 33.3 Å². The summed E-state index contributed by atoms with van der Waals surface area (Å²) >= 11 is 0. The summed E-state index contributed by atoms with van der Waals surface area (Å²) < 4.78 is 0. The minimum atomic E-state index is -0.0865. The lowest BCUT2D eigenvalue weighted by molar-refractivity contribution is 0.662. The van der Waals surface area contributed by atoms with Crippen molar-refractivity contribution in [2.45, 2.75) is 64.2 Å². The number of para-hydroxylation sites is 1. The lowest BCUT2D eigenvalue weighted by Crippen LogP contribution is -2.15. The Bertz CT molecular complexity index is 4830. The summed E-state index contributed by atoms with van der Waals surface area (Å²) in [7, 11) is 0. The van der Waals surface area contributed by atoms with E-state index in [1.165, 1.54) is 143 Å². The fraction of sp³-hybridized carbons (Fsp3) is 0.122. The summed E-state index contributed by atoms with van der Waals surface area (Å²) in [5.41, 5.74) is 22.8. The van der Waals surface area contributed by atoms with Crippen LogP contribution in [0.25, 0.3) is 98.0 Å². The molecule has 14 aromatic carbocycles. The summed E-state index contributed by atoms with van der Waals surface area (Å²) in [6.07, 6.45) is 0.975. The van der Waals surface area contributed by atoms with E-state index in [1.54, 1.807) is 0 Å². The van der Waals surface area contributed by atoms with Gasteiger partial charge in [0.05, 0.1) is 0 Å². The van der Waals surface area contributed by atoms with Gasteiger partial charge in [-0.2, -0.15) is 0 Å². The van der Waals surface area contributed by atoms with Crippen LogP contribution in [0.2, 0.25) is 0 Å². The third kappa shape index (κ3) is 7.82. The molecule has 0 aliphatic heterocycles. The molecule has 3 aliphatic carbocycles. The predicted molar refractivity (Wildman–Crippen MR) is 355 cm³/mol. The third-order valence-corrected chi connectivity index (χ3v) is 19.3. The Balaban J connectivity index is 0.000000159. The van der Waals surface area contributed by atoms with Gasteiger partial charge < -0.3 is 4.90 Å². The van der Waals surface area contributed by atoms with Crippen LogP contribution < -0.4 is 4.90 Å². The lowest BCUT2D eigenvalue weighted by Gasteiger charge is -2.27. The molecule has 1 nitrogen and oxygen atoms in total. The van der Waals surface area contributed by atoms with Crippen LogP contribution in [-0.4, -0.2) is 0 Å². The molecule has 0 N–H and O–H groups in total. The standard InChI is InChI=1S/C52H39N.C30H24/c1-51(2)47-28-34-14-10-8-12-32(34)24-43(47)45-26-36-18-20-41(22-38(36)30-49(45)51)53(40-16-6-5-7-17-40)42-21-19-37-27-46-44-25-33-13-9-11-15-35(33)29-48(44)52(3,4)50(46)31-39(37)23-42;1-30(2)28-18-23-11-7-6-10-22(23)16-26(28)27-17-24-13-12-21(15-25(24)19-29(27)30)14-20-8-4-3-5-9-20/h5-31H,1-4H3;3-13,15-19H,14H2,1-2H3. The molecule has 0 bridgehead atoms. The highest BCUT2D eigenvalue weighted by Gasteiger charge is 2.39. The van der Waals surface area contributed by atoms with Gasteiger partial charge >= 0.3 is 0 Å². The van der Waals surface area contributed by atoms with Gasteiger partial charge in [-0.3, -0.25) is 0 Å². The van der Waals surface area contributed by atoms with E-state index < -0.39 is 0 Å². The molecule has 1 heteroatoms. The van der Waals surface area contributed by atoms with E-state index in [2.05, 4.69) is 307 Å². The maximum atomic E-state index is 2.45. The highest BCUT2D eigenvalue weighted by atomic mass is 15.1. The first-order valence-electron chi connectivity index (χ1n) is 29.6. The second-order valence-electron chi connectivity index (χ2n) is 25.4. The Labute approximate surface area is 486 Å². The molecule has 0 saturated heterocycles. The zero-order valence-corrected chi connectivity index (χ0v) is 48.0. The zero-order valence-electron chi connectivity index (χ0n) is 48.0. The van der Waals surface area contributed by atoms with E-state index in [-0.39, 0.29) is 16.2 Å². The summed E-state index contributed by atoms with van der Waals surface area (Å²) in [6.45, 7) is 14.3. The molecular weight excluding hydrogens is 999 g/mol. The SMILES string of the molecule is CC1(C)c2cc3ccccc3cc2-c2cc3ccc(Cc4ccccc4)cc3cc21.CC1(C)c2cc3ccccc3cc2-c2cc3ccc(N(c4ccccc4)c4ccc5cc6c(cc5c4)C(C)(C)c4cc5ccccc5cc4-6)cc3cc21. The Kier molecular flexibility index (Phi) is 10.8. The lowest BCUT2D eigenvalue weighted by atomic mass is 9.81. The highest BCUT2D eigenvalue weighted by Crippen LogP contribution is 2.55. The fourth-order valence-electron chi connectivity index (χ4n) is 14.8. The minimum absolute atomic E-state index is 0.0122. The topological polar surface area (TPSA) is 3.24 Å². The van der Waals surface area contributed by atoms with Crippen LogP contribution in [0.3, 0.4) is 0 Å². The average Bonchev–Trinajstić information content (AvgIpc) is 2.08. The fourth-order valence-corrected chi connectivity index (χ4v) is 14.8. The molecule has 0 atom stereocenters. The molecular formula is C82H63N. The second-order valence-corrected chi connectivity index (χ2v) is 25.4. The first kappa shape index (κ1) is 49.3. The van der Waals surface area contributed by atoms with Crippen molar-refractivity contribution in [1.82, 2.24) is 0 Å². The van der Waals surface area contributed by atoms with Crippen LogP contribution in [0.15, 0.2) is 261 Å². The number of benzene rings is 14. The average molecular weight is 1060 g/mol. The first-order valence-corrected chi connectivity index (χ1v) is 29.6. The van der Waals surface area contributed by atoms with E-state index >= 15 is 0 Å². The Morgan fingerprint density at radius 2 is 0.494 bits per heavy atom. The van der Waals surface area contributed by atoms with Crippen LogP contribution in [0, 0.1) is 0 Å². The smallest absolute Gasteiger partial charge is 0.0468 e. The Morgan fingerprint density at radius 1 is 0.217 bits per heavy atom. The predicted octanol–water partition coefficient (Wildman–Crippen LogP) is 22.3. The van der Waals surface area contributed by atoms with Crippen molar-refractivity contribution in [2.75, 3.05) is 4.90 Å². The van der Waals surface area contributed by atoms with Crippen LogP contribution >= 0.6 is 0 Å². The van der Waals surface area contributed by atoms with E-state index in [9.17, 15) is 0 Å². The number of hydrogen-bond acceptors (Lipinski definition) is 1. The van der Waals surface area contributed by atoms with Gasteiger partial charge in [0.25, 0.3) is 0 Å². The van der Waals surface area contributed by atoms with Crippen molar-refractivity contribution in [1.29, 1.82) is 0 Å². The molecule has 0 spiro atoms. The Hall–Kier alpha value is -9.56. The summed E-state index contributed by atoms with van der Waals surface area (Å²) in [4.78, 5) is 2.42. The van der Waals surface area contributed by atoms with Crippen molar-refractivity contribution in [3.05, 3.63) is 305 Å². The maximum Gasteiger partial charge on any atom is 0.0468 e. The number of fused-ring (bicyclic) bond motifs is 15. The van der Waals surface area contributed by atoms with Crippen LogP contribution in [-0.2, 0) is 22.7 Å². The summed E-state index contributed by atoms with van der Waals surface area (Å²) in [5.74, 6) is 0. The van der Waals surface area contributed by atoms with Gasteiger partial charge in [-0.15, -0.1) is 0 Å². The van der Waals surface area contributed by atoms with Crippen molar-refractivity contribution < 1.29 is 0 Å². The highest BCUT2D eigenvalue weighted by molar-refractivity contribution is 6.03. The first-order chi connectivity index (χ1) is 40.3. The van der Waals surface area contributed by atoms with Crippen LogP contribution in [0.5, 0.6) is 0 Å². The summed E-state index contributed by atoms with van der Waals surface area (Å²) in [6, 6.07) is 97.6. The van der Waals surface area contributed by atoms with Gasteiger partial charge in [0.1, 0.15) is 0 Å². The molecule has 83 heavy (non-hydrogen) atoms. The Morgan fingerprint density at radius 3 is 0.855 bits per heavy atom. The van der Waals surface area contributed by atoms with Gasteiger partial charge in [-0.05, 0) is 258 Å². The van der Waals surface area contributed by atoms with E-state index in [0.717, 1.165) is 23.5 Å². The molecule has 396 valence electrons. The largest absolute Gasteiger partial charge is 0.310 e. The molecule has 14 aromatic rings. The summed E-state index contributed by atoms with van der Waals surface area (Å²) in [5, 5.41) is 15.6. The van der Waals surface area contributed by atoms with Crippen molar-refractivity contribution >= 4 is 81.7 Å². The van der Waals surface area contributed by atoms with Crippen molar-refractivity contribution in [2.24, 2.45) is 0 Å². The molecule has 0 saturated carbocycles. The molecule has 0 fully saturated rings. The zero-order chi connectivity index (χ0) is 55.9. The molecule has 3 aliphatic rings. The molecule has 0 amide bonds. The van der Waals surface area contributed by atoms with E-state index in [1.807, 2.05) is 0 Å². The van der Waals surface area contributed by atoms with Gasteiger partial charge in [0.15, 0.2) is 0 Å². The maximum absolute atomic E-state index is 2.45. The number of nitrogens with zero attached hydrogens (tertiary/aromatic N) is 1. The number of hydrogen-bond donors (Lipinski definition) is 0. The van der Waals surface area contributed by atoms with E-state index in [4.69, 9.17) is 0 Å². The van der Waals surface area contributed by atoms with Crippen LogP contribution in [0.1, 0.15) is 86.1 Å². The minimum Gasteiger partial charge on any atom is -0.310 e.